The molecule has 0 saturated heterocycles. The monoisotopic (exact) mass is 472 g/mol. The van der Waals surface area contributed by atoms with Crippen LogP contribution in [0.3, 0.4) is 0 Å². The topological polar surface area (TPSA) is 54.0 Å². The number of nitrogens with zero attached hydrogens (tertiary/aromatic N) is 1. The molecule has 0 heterocycles. The van der Waals surface area contributed by atoms with Crippen LogP contribution in [0.15, 0.2) is 30.3 Å². The molecular formula is C23H42NO5SSi+. The fraction of sp³-hybridized carbons (Fsp3) is 0.696. The van der Waals surface area contributed by atoms with Crippen LogP contribution in [0, 0.1) is 5.41 Å². The standard InChI is InChI=1S/C23H42NO5SSi/c1-23(2,20-30-17-12-18-31(26-5,27-6)28-7)22(25)29-16-11-15-24(3,4)19-21-13-9-8-10-14-21/h8-10,13-14H,11-12,15-20H2,1-7H3/q+1. The minimum Gasteiger partial charge on any atom is -0.465 e. The van der Waals surface area contributed by atoms with Gasteiger partial charge in [0, 0.05) is 45.1 Å². The highest BCUT2D eigenvalue weighted by Gasteiger charge is 2.37. The largest absolute Gasteiger partial charge is 0.500 e. The van der Waals surface area contributed by atoms with E-state index in [0.717, 1.165) is 48.0 Å². The zero-order valence-corrected chi connectivity index (χ0v) is 22.3. The number of carbonyl (C=O) groups excluding carboxylic acids is 1. The van der Waals surface area contributed by atoms with E-state index in [9.17, 15) is 4.79 Å². The van der Waals surface area contributed by atoms with E-state index in [2.05, 4.69) is 38.4 Å². The second-order valence-electron chi connectivity index (χ2n) is 9.13. The Labute approximate surface area is 194 Å². The van der Waals surface area contributed by atoms with Gasteiger partial charge in [-0.3, -0.25) is 4.79 Å². The molecule has 0 amide bonds. The van der Waals surface area contributed by atoms with Gasteiger partial charge in [-0.25, -0.2) is 0 Å². The van der Waals surface area contributed by atoms with Crippen LogP contribution < -0.4 is 0 Å². The van der Waals surface area contributed by atoms with E-state index in [1.54, 1.807) is 33.1 Å². The summed E-state index contributed by atoms with van der Waals surface area (Å²) in [6.45, 7) is 6.30. The minimum atomic E-state index is -2.50. The Morgan fingerprint density at radius 1 is 1.03 bits per heavy atom. The van der Waals surface area contributed by atoms with Crippen molar-refractivity contribution in [3.8, 4) is 0 Å². The number of thioether (sulfide) groups is 1. The molecule has 6 nitrogen and oxygen atoms in total. The van der Waals surface area contributed by atoms with Crippen LogP contribution >= 0.6 is 11.8 Å². The molecule has 0 radical (unpaired) electrons. The van der Waals surface area contributed by atoms with E-state index in [0.29, 0.717) is 6.61 Å². The highest BCUT2D eigenvalue weighted by atomic mass is 32.2. The van der Waals surface area contributed by atoms with Gasteiger partial charge in [0.2, 0.25) is 0 Å². The van der Waals surface area contributed by atoms with Gasteiger partial charge in [-0.2, -0.15) is 11.8 Å². The summed E-state index contributed by atoms with van der Waals surface area (Å²) in [7, 11) is 6.82. The van der Waals surface area contributed by atoms with Gasteiger partial charge >= 0.3 is 14.8 Å². The van der Waals surface area contributed by atoms with E-state index in [-0.39, 0.29) is 5.97 Å². The van der Waals surface area contributed by atoms with Crippen LogP contribution in [-0.2, 0) is 29.4 Å². The highest BCUT2D eigenvalue weighted by molar-refractivity contribution is 7.99. The number of benzene rings is 1. The Hall–Kier alpha value is -0.903. The van der Waals surface area contributed by atoms with E-state index in [4.69, 9.17) is 18.0 Å². The van der Waals surface area contributed by atoms with Crippen molar-refractivity contribution in [2.45, 2.75) is 39.3 Å². The lowest BCUT2D eigenvalue weighted by atomic mass is 9.97. The summed E-state index contributed by atoms with van der Waals surface area (Å²) in [4.78, 5) is 12.5. The molecule has 0 aliphatic heterocycles. The van der Waals surface area contributed by atoms with E-state index >= 15 is 0 Å². The number of carbonyl (C=O) groups is 1. The quantitative estimate of drug-likeness (QED) is 0.155. The molecule has 31 heavy (non-hydrogen) atoms. The van der Waals surface area contributed by atoms with Crippen molar-refractivity contribution < 1.29 is 27.3 Å². The third kappa shape index (κ3) is 10.5. The lowest BCUT2D eigenvalue weighted by molar-refractivity contribution is -0.903. The lowest BCUT2D eigenvalue weighted by Crippen LogP contribution is -2.42. The molecule has 0 N–H and O–H groups in total. The third-order valence-corrected chi connectivity index (χ3v) is 9.65. The van der Waals surface area contributed by atoms with Gasteiger partial charge in [0.05, 0.1) is 32.7 Å². The second-order valence-corrected chi connectivity index (χ2v) is 13.3. The van der Waals surface area contributed by atoms with Crippen molar-refractivity contribution in [3.05, 3.63) is 35.9 Å². The molecule has 0 atom stereocenters. The molecule has 0 aliphatic carbocycles. The second kappa shape index (κ2) is 13.6. The zero-order chi connectivity index (χ0) is 23.4. The van der Waals surface area contributed by atoms with Crippen molar-refractivity contribution in [1.29, 1.82) is 0 Å². The van der Waals surface area contributed by atoms with Crippen LogP contribution in [0.1, 0.15) is 32.3 Å². The Kier molecular flexibility index (Phi) is 12.3. The molecule has 0 unspecified atom stereocenters. The smallest absolute Gasteiger partial charge is 0.465 e. The van der Waals surface area contributed by atoms with Crippen molar-refractivity contribution in [1.82, 2.24) is 0 Å². The molecule has 8 heteroatoms. The normalized spacial score (nSPS) is 12.7. The van der Waals surface area contributed by atoms with Gasteiger partial charge in [0.25, 0.3) is 0 Å². The molecule has 1 aromatic rings. The maximum absolute atomic E-state index is 12.5. The Balaban J connectivity index is 2.27. The molecule has 1 rings (SSSR count). The van der Waals surface area contributed by atoms with Crippen LogP contribution in [0.25, 0.3) is 0 Å². The summed E-state index contributed by atoms with van der Waals surface area (Å²) in [5.41, 5.74) is 0.821. The van der Waals surface area contributed by atoms with Gasteiger partial charge in [-0.05, 0) is 26.0 Å². The first-order valence-electron chi connectivity index (χ1n) is 10.9. The predicted octanol–water partition coefficient (Wildman–Crippen LogP) is 4.22. The minimum absolute atomic E-state index is 0.122. The number of esters is 1. The number of hydrogen-bond donors (Lipinski definition) is 0. The zero-order valence-electron chi connectivity index (χ0n) is 20.4. The van der Waals surface area contributed by atoms with Crippen molar-refractivity contribution >= 4 is 26.5 Å². The van der Waals surface area contributed by atoms with E-state index in [1.165, 1.54) is 5.56 Å². The highest BCUT2D eigenvalue weighted by Crippen LogP contribution is 2.25. The summed E-state index contributed by atoms with van der Waals surface area (Å²) >= 11 is 1.76. The Morgan fingerprint density at radius 2 is 1.65 bits per heavy atom. The lowest BCUT2D eigenvalue weighted by Gasteiger charge is -2.30. The average Bonchev–Trinajstić information content (AvgIpc) is 2.74. The molecule has 0 aromatic heterocycles. The van der Waals surface area contributed by atoms with E-state index in [1.807, 2.05) is 19.9 Å². The number of quaternary nitrogens is 1. The predicted molar refractivity (Wildman–Crippen MR) is 130 cm³/mol. The number of ether oxygens (including phenoxy) is 1. The fourth-order valence-electron chi connectivity index (χ4n) is 3.34. The third-order valence-electron chi connectivity index (χ3n) is 5.31. The summed E-state index contributed by atoms with van der Waals surface area (Å²) in [6, 6.07) is 11.3. The fourth-order valence-corrected chi connectivity index (χ4v) is 6.44. The first-order chi connectivity index (χ1) is 14.6. The number of hydrogen-bond acceptors (Lipinski definition) is 6. The molecule has 0 spiro atoms. The van der Waals surface area contributed by atoms with Gasteiger partial charge in [-0.1, -0.05) is 30.3 Å². The van der Waals surface area contributed by atoms with Gasteiger partial charge in [0.15, 0.2) is 0 Å². The van der Waals surface area contributed by atoms with Gasteiger partial charge in [0.1, 0.15) is 6.54 Å². The van der Waals surface area contributed by atoms with Crippen LogP contribution in [-0.4, -0.2) is 79.3 Å². The summed E-state index contributed by atoms with van der Waals surface area (Å²) in [5.74, 6) is 1.53. The molecule has 0 fully saturated rings. The molecule has 178 valence electrons. The van der Waals surface area contributed by atoms with E-state index < -0.39 is 14.2 Å². The summed E-state index contributed by atoms with van der Waals surface area (Å²) < 4.78 is 22.8. The van der Waals surface area contributed by atoms with Crippen molar-refractivity contribution in [2.24, 2.45) is 5.41 Å². The van der Waals surface area contributed by atoms with Crippen molar-refractivity contribution in [3.63, 3.8) is 0 Å². The van der Waals surface area contributed by atoms with Crippen LogP contribution in [0.4, 0.5) is 0 Å². The molecule has 0 bridgehead atoms. The molecule has 0 saturated carbocycles. The van der Waals surface area contributed by atoms with Gasteiger partial charge < -0.3 is 22.5 Å². The first-order valence-corrected chi connectivity index (χ1v) is 13.9. The maximum Gasteiger partial charge on any atom is 0.500 e. The first kappa shape index (κ1) is 28.1. The summed E-state index contributed by atoms with van der Waals surface area (Å²) in [5, 5.41) is 0. The molecular weight excluding hydrogens is 430 g/mol. The maximum atomic E-state index is 12.5. The average molecular weight is 473 g/mol. The summed E-state index contributed by atoms with van der Waals surface area (Å²) in [6.07, 6.45) is 1.78. The van der Waals surface area contributed by atoms with Crippen LogP contribution in [0.2, 0.25) is 6.04 Å². The Morgan fingerprint density at radius 3 is 2.23 bits per heavy atom. The molecule has 1 aromatic carbocycles. The SMILES string of the molecule is CO[Si](CCCSCC(C)(C)C(=O)OCCC[N+](C)(C)Cc1ccccc1)(OC)OC. The van der Waals surface area contributed by atoms with Crippen molar-refractivity contribution in [2.75, 3.05) is 60.1 Å². The Bertz CT molecular complexity index is 630. The van der Waals surface area contributed by atoms with Gasteiger partial charge in [-0.15, -0.1) is 0 Å². The molecule has 0 aliphatic rings. The van der Waals surface area contributed by atoms with Crippen LogP contribution in [0.5, 0.6) is 0 Å². The number of rotatable bonds is 16.